The minimum Gasteiger partial charge on any atom is -0.377 e. The molecule has 15 heavy (non-hydrogen) atoms. The summed E-state index contributed by atoms with van der Waals surface area (Å²) < 4.78 is 5.62. The molecule has 2 unspecified atom stereocenters. The topological polar surface area (TPSA) is 26.3 Å². The van der Waals surface area contributed by atoms with Crippen molar-refractivity contribution in [3.63, 3.8) is 0 Å². The molecule has 0 rings (SSSR count). The Morgan fingerprint density at radius 3 is 2.07 bits per heavy atom. The lowest BCUT2D eigenvalue weighted by atomic mass is 9.87. The number of hydrogen-bond acceptors (Lipinski definition) is 2. The number of ether oxygens (including phenoxy) is 1. The van der Waals surface area contributed by atoms with E-state index in [1.807, 2.05) is 6.92 Å². The average molecular weight is 235 g/mol. The Kier molecular flexibility index (Phi) is 7.20. The number of rotatable bonds is 7. The van der Waals surface area contributed by atoms with Crippen LogP contribution in [0.3, 0.4) is 0 Å². The van der Waals surface area contributed by atoms with Crippen molar-refractivity contribution in [1.29, 1.82) is 0 Å². The predicted octanol–water partition coefficient (Wildman–Crippen LogP) is 3.48. The summed E-state index contributed by atoms with van der Waals surface area (Å²) in [4.78, 5) is 11.4. The largest absolute Gasteiger partial charge is 0.377 e. The van der Waals surface area contributed by atoms with Crippen LogP contribution in [0.1, 0.15) is 41.0 Å². The Balaban J connectivity index is 4.59. The molecule has 2 nitrogen and oxygen atoms in total. The molecule has 2 atom stereocenters. The van der Waals surface area contributed by atoms with E-state index in [2.05, 4.69) is 27.7 Å². The molecule has 0 aromatic carbocycles. The lowest BCUT2D eigenvalue weighted by molar-refractivity contribution is -0.122. The Bertz CT molecular complexity index is 190. The molecule has 0 spiro atoms. The smallest absolute Gasteiger partial charge is 0.227 e. The monoisotopic (exact) mass is 234 g/mol. The third kappa shape index (κ3) is 5.53. The molecule has 0 heterocycles. The number of carbonyl (C=O) groups is 1. The molecular weight excluding hydrogens is 212 g/mol. The van der Waals surface area contributed by atoms with Gasteiger partial charge in [-0.1, -0.05) is 27.7 Å². The summed E-state index contributed by atoms with van der Waals surface area (Å²) in [6.07, 6.45) is 0.743. The van der Waals surface area contributed by atoms with Gasteiger partial charge >= 0.3 is 0 Å². The van der Waals surface area contributed by atoms with Crippen LogP contribution in [0.4, 0.5) is 0 Å². The summed E-state index contributed by atoms with van der Waals surface area (Å²) in [7, 11) is 0. The fourth-order valence-corrected chi connectivity index (χ4v) is 2.04. The van der Waals surface area contributed by atoms with Crippen molar-refractivity contribution in [3.05, 3.63) is 0 Å². The zero-order valence-electron chi connectivity index (χ0n) is 10.4. The molecule has 0 amide bonds. The molecule has 0 aromatic heterocycles. The minimum absolute atomic E-state index is 0.0533. The van der Waals surface area contributed by atoms with E-state index in [1.54, 1.807) is 0 Å². The highest BCUT2D eigenvalue weighted by Crippen LogP contribution is 2.25. The van der Waals surface area contributed by atoms with E-state index in [0.717, 1.165) is 6.42 Å². The first-order valence-corrected chi connectivity index (χ1v) is 6.08. The van der Waals surface area contributed by atoms with E-state index in [1.165, 1.54) is 0 Å². The fourth-order valence-electron chi connectivity index (χ4n) is 1.83. The second-order valence-electron chi connectivity index (χ2n) is 4.70. The van der Waals surface area contributed by atoms with Gasteiger partial charge in [0.2, 0.25) is 5.24 Å². The van der Waals surface area contributed by atoms with E-state index in [9.17, 15) is 4.79 Å². The Morgan fingerprint density at radius 2 is 1.80 bits per heavy atom. The van der Waals surface area contributed by atoms with Crippen LogP contribution in [0.25, 0.3) is 0 Å². The van der Waals surface area contributed by atoms with Crippen molar-refractivity contribution in [2.45, 2.75) is 47.1 Å². The lowest BCUT2D eigenvalue weighted by Crippen LogP contribution is -2.34. The molecule has 0 aliphatic heterocycles. The van der Waals surface area contributed by atoms with E-state index >= 15 is 0 Å². The number of halogens is 1. The van der Waals surface area contributed by atoms with Crippen molar-refractivity contribution in [1.82, 2.24) is 0 Å². The Labute approximate surface area is 98.3 Å². The van der Waals surface area contributed by atoms with Crippen molar-refractivity contribution < 1.29 is 9.53 Å². The zero-order chi connectivity index (χ0) is 12.0. The van der Waals surface area contributed by atoms with Crippen molar-refractivity contribution >= 4 is 16.8 Å². The molecule has 0 fully saturated rings. The first-order chi connectivity index (χ1) is 6.90. The molecule has 0 saturated carbocycles. The number of hydrogen-bond donors (Lipinski definition) is 0. The van der Waals surface area contributed by atoms with Gasteiger partial charge < -0.3 is 4.74 Å². The SMILES string of the molecule is CCOC(C(C)C)C(CC(C)C)C(=O)Cl. The molecule has 0 bridgehead atoms. The first-order valence-electron chi connectivity index (χ1n) is 5.71. The van der Waals surface area contributed by atoms with E-state index in [0.29, 0.717) is 18.4 Å². The molecule has 0 aliphatic carbocycles. The maximum atomic E-state index is 11.4. The Morgan fingerprint density at radius 1 is 1.27 bits per heavy atom. The van der Waals surface area contributed by atoms with Crippen molar-refractivity contribution in [2.24, 2.45) is 17.8 Å². The van der Waals surface area contributed by atoms with Crippen molar-refractivity contribution in [3.8, 4) is 0 Å². The third-order valence-corrected chi connectivity index (χ3v) is 2.71. The molecular formula is C12H23ClO2. The van der Waals surface area contributed by atoms with Crippen LogP contribution in [0.5, 0.6) is 0 Å². The molecule has 90 valence electrons. The van der Waals surface area contributed by atoms with E-state index < -0.39 is 0 Å². The summed E-state index contributed by atoms with van der Waals surface area (Å²) in [5.74, 6) is 0.599. The van der Waals surface area contributed by atoms with E-state index in [4.69, 9.17) is 16.3 Å². The van der Waals surface area contributed by atoms with Gasteiger partial charge in [0.1, 0.15) is 0 Å². The van der Waals surface area contributed by atoms with Gasteiger partial charge in [0.25, 0.3) is 0 Å². The fraction of sp³-hybridized carbons (Fsp3) is 0.917. The van der Waals surface area contributed by atoms with E-state index in [-0.39, 0.29) is 17.3 Å². The molecule has 0 aromatic rings. The number of carbonyl (C=O) groups excluding carboxylic acids is 1. The summed E-state index contributed by atoms with van der Waals surface area (Å²) in [6, 6.07) is 0. The van der Waals surface area contributed by atoms with Gasteiger partial charge in [-0.25, -0.2) is 0 Å². The van der Waals surface area contributed by atoms with Gasteiger partial charge in [0.05, 0.1) is 12.0 Å². The molecule has 0 aliphatic rings. The van der Waals surface area contributed by atoms with Crippen LogP contribution >= 0.6 is 11.6 Å². The van der Waals surface area contributed by atoms with Crippen LogP contribution in [-0.4, -0.2) is 18.0 Å². The highest BCUT2D eigenvalue weighted by molar-refractivity contribution is 6.64. The third-order valence-electron chi connectivity index (χ3n) is 2.43. The molecule has 0 radical (unpaired) electrons. The highest BCUT2D eigenvalue weighted by atomic mass is 35.5. The summed E-state index contributed by atoms with van der Waals surface area (Å²) in [5.41, 5.74) is 0. The Hall–Kier alpha value is -0.0800. The second kappa shape index (κ2) is 7.24. The van der Waals surface area contributed by atoms with Gasteiger partial charge in [-0.3, -0.25) is 4.79 Å². The average Bonchev–Trinajstić information content (AvgIpc) is 2.09. The second-order valence-corrected chi connectivity index (χ2v) is 5.08. The first kappa shape index (κ1) is 14.9. The summed E-state index contributed by atoms with van der Waals surface area (Å²) in [6.45, 7) is 10.9. The predicted molar refractivity (Wildman–Crippen MR) is 64.1 cm³/mol. The van der Waals surface area contributed by atoms with Crippen molar-refractivity contribution in [2.75, 3.05) is 6.61 Å². The summed E-state index contributed by atoms with van der Waals surface area (Å²) >= 11 is 5.64. The maximum Gasteiger partial charge on any atom is 0.227 e. The van der Waals surface area contributed by atoms with Gasteiger partial charge in [-0.2, -0.15) is 0 Å². The van der Waals surface area contributed by atoms with Crippen LogP contribution < -0.4 is 0 Å². The normalized spacial score (nSPS) is 15.7. The zero-order valence-corrected chi connectivity index (χ0v) is 11.2. The van der Waals surface area contributed by atoms with Gasteiger partial charge in [-0.15, -0.1) is 0 Å². The minimum atomic E-state index is -0.268. The summed E-state index contributed by atoms with van der Waals surface area (Å²) in [5, 5.41) is -0.268. The highest BCUT2D eigenvalue weighted by Gasteiger charge is 2.30. The lowest BCUT2D eigenvalue weighted by Gasteiger charge is -2.28. The molecule has 0 N–H and O–H groups in total. The maximum absolute atomic E-state index is 11.4. The van der Waals surface area contributed by atoms with Gasteiger partial charge in [0, 0.05) is 6.61 Å². The van der Waals surface area contributed by atoms with Crippen LogP contribution in [-0.2, 0) is 9.53 Å². The van der Waals surface area contributed by atoms with Gasteiger partial charge in [-0.05, 0) is 36.8 Å². The van der Waals surface area contributed by atoms with Crippen LogP contribution in [0, 0.1) is 17.8 Å². The van der Waals surface area contributed by atoms with Crippen LogP contribution in [0.15, 0.2) is 0 Å². The standard InChI is InChI=1S/C12H23ClO2/c1-6-15-11(9(4)5)10(12(13)14)7-8(2)3/h8-11H,6-7H2,1-5H3. The quantitative estimate of drug-likeness (QED) is 0.631. The molecule has 0 saturated heterocycles. The van der Waals surface area contributed by atoms with Gasteiger partial charge in [0.15, 0.2) is 0 Å². The van der Waals surface area contributed by atoms with Crippen LogP contribution in [0.2, 0.25) is 0 Å². The molecule has 3 heteroatoms.